The second-order valence-electron chi connectivity index (χ2n) is 23.8. The number of benzene rings is 3. The summed E-state index contributed by atoms with van der Waals surface area (Å²) in [7, 11) is 0. The molecule has 3 aromatic carbocycles. The van der Waals surface area contributed by atoms with Crippen molar-refractivity contribution in [2.45, 2.75) is 289 Å². The van der Waals surface area contributed by atoms with E-state index in [1.165, 1.54) is 243 Å². The zero-order valence-corrected chi connectivity index (χ0v) is 53.4. The Morgan fingerprint density at radius 3 is 0.800 bits per heavy atom. The summed E-state index contributed by atoms with van der Waals surface area (Å²) in [5.74, 6) is 0.691. The quantitative estimate of drug-likeness (QED) is 0.0234. The third-order valence-electron chi connectivity index (χ3n) is 16.2. The average Bonchev–Trinajstić information content (AvgIpc) is 3.68. The summed E-state index contributed by atoms with van der Waals surface area (Å²) in [5.41, 5.74) is 1.54. The largest absolute Gasteiger partial charge is 0.494 e. The molecule has 85 heavy (non-hydrogen) atoms. The number of aryl methyl sites for hydroxylation is 1. The molecule has 3 aromatic rings. The first-order valence-corrected chi connectivity index (χ1v) is 34.4. The minimum absolute atomic E-state index is 0.315. The van der Waals surface area contributed by atoms with Crippen LogP contribution in [0.5, 0.6) is 23.0 Å². The maximum atomic E-state index is 13.0. The highest BCUT2D eigenvalue weighted by Crippen LogP contribution is 2.27. The Kier molecular flexibility index (Phi) is 46.0. The molecule has 10 nitrogen and oxygen atoms in total. The number of esters is 4. The van der Waals surface area contributed by atoms with E-state index in [1.54, 1.807) is 42.5 Å². The van der Waals surface area contributed by atoms with Gasteiger partial charge in [0.1, 0.15) is 23.0 Å². The molecule has 0 amide bonds. The summed E-state index contributed by atoms with van der Waals surface area (Å²) in [4.78, 5) is 48.1. The molecule has 0 fully saturated rings. The number of ether oxygens (including phenoxy) is 6. The van der Waals surface area contributed by atoms with Gasteiger partial charge in [0, 0.05) is 12.2 Å². The van der Waals surface area contributed by atoms with Gasteiger partial charge in [-0.3, -0.25) is 0 Å². The van der Waals surface area contributed by atoms with Crippen molar-refractivity contribution in [2.75, 3.05) is 26.4 Å². The van der Waals surface area contributed by atoms with Crippen LogP contribution < -0.4 is 18.9 Å². The van der Waals surface area contributed by atoms with E-state index in [0.717, 1.165) is 62.9 Å². The topological polar surface area (TPSA) is 124 Å². The molecule has 0 saturated carbocycles. The van der Waals surface area contributed by atoms with E-state index in [0.29, 0.717) is 54.6 Å². The molecule has 3 rings (SSSR count). The molecule has 0 aliphatic heterocycles. The standard InChI is InChI=1S/C75H116O10/c1-4-72(76)82-62-48-44-40-36-32-28-24-20-16-12-8-6-10-14-18-22-26-30-34-38-42-46-60-80-68-54-50-66(51-55-68)74(78)84-70-58-59-71(65(3)64-70)85-75(79)67-52-56-69(57-53-67)81-61-47-43-39-35-31-27-23-19-15-11-7-9-13-17-21-25-29-33-37-41-45-49-63-83-73(77)5-2/h4-5,50-59,64H,1-2,6-49,60-63H2,3H3. The molecule has 0 bridgehead atoms. The Hall–Kier alpha value is -5.38. The number of hydrogen-bond acceptors (Lipinski definition) is 10. The smallest absolute Gasteiger partial charge is 0.343 e. The minimum atomic E-state index is -0.468. The van der Waals surface area contributed by atoms with E-state index in [4.69, 9.17) is 28.4 Å². The highest BCUT2D eigenvalue weighted by molar-refractivity contribution is 5.92. The normalized spacial score (nSPS) is 11.1. The number of carbonyl (C=O) groups is 4. The lowest BCUT2D eigenvalue weighted by Crippen LogP contribution is -2.10. The van der Waals surface area contributed by atoms with Gasteiger partial charge in [0.15, 0.2) is 0 Å². The SMILES string of the molecule is C=CC(=O)OCCCCCCCCCCCCCCCCCCCCCCCCOc1ccc(C(=O)Oc2ccc(OC(=O)c3ccc(OCCCCCCCCCCCCCCCCCCCCCCCCOC(=O)C=C)cc3)c(C)c2)cc1. The van der Waals surface area contributed by atoms with Gasteiger partial charge in [-0.1, -0.05) is 270 Å². The second kappa shape index (κ2) is 52.9. The molecule has 0 heterocycles. The Morgan fingerprint density at radius 2 is 0.541 bits per heavy atom. The number of unbranched alkanes of at least 4 members (excludes halogenated alkanes) is 42. The lowest BCUT2D eigenvalue weighted by molar-refractivity contribution is -0.138. The van der Waals surface area contributed by atoms with E-state index in [-0.39, 0.29) is 11.9 Å². The van der Waals surface area contributed by atoms with E-state index >= 15 is 0 Å². The van der Waals surface area contributed by atoms with Gasteiger partial charge >= 0.3 is 23.9 Å². The minimum Gasteiger partial charge on any atom is -0.494 e. The third-order valence-corrected chi connectivity index (χ3v) is 16.2. The zero-order chi connectivity index (χ0) is 60.7. The molecule has 0 radical (unpaired) electrons. The summed E-state index contributed by atoms with van der Waals surface area (Å²) in [6.45, 7) is 11.0. The summed E-state index contributed by atoms with van der Waals surface area (Å²) in [5, 5.41) is 0. The highest BCUT2D eigenvalue weighted by atomic mass is 16.5. The van der Waals surface area contributed by atoms with Crippen molar-refractivity contribution in [3.05, 3.63) is 109 Å². The van der Waals surface area contributed by atoms with E-state index in [9.17, 15) is 19.2 Å². The van der Waals surface area contributed by atoms with Gasteiger partial charge in [0.25, 0.3) is 0 Å². The summed E-state index contributed by atoms with van der Waals surface area (Å²) in [6, 6.07) is 19.1. The van der Waals surface area contributed by atoms with Crippen molar-refractivity contribution in [3.63, 3.8) is 0 Å². The van der Waals surface area contributed by atoms with Crippen LogP contribution in [0.25, 0.3) is 0 Å². The maximum Gasteiger partial charge on any atom is 0.343 e. The molecular weight excluding hydrogens is 1060 g/mol. The lowest BCUT2D eigenvalue weighted by Gasteiger charge is -2.11. The molecule has 0 spiro atoms. The molecule has 0 aliphatic rings. The molecule has 0 aromatic heterocycles. The van der Waals surface area contributed by atoms with Crippen molar-refractivity contribution >= 4 is 23.9 Å². The van der Waals surface area contributed by atoms with Crippen LogP contribution in [0, 0.1) is 6.92 Å². The zero-order valence-electron chi connectivity index (χ0n) is 53.4. The maximum absolute atomic E-state index is 13.0. The van der Waals surface area contributed by atoms with Crippen LogP contribution in [0.1, 0.15) is 309 Å². The molecule has 0 aliphatic carbocycles. The van der Waals surface area contributed by atoms with Crippen LogP contribution in [0.4, 0.5) is 0 Å². The summed E-state index contributed by atoms with van der Waals surface area (Å²) < 4.78 is 33.4. The first-order valence-electron chi connectivity index (χ1n) is 34.4. The predicted octanol–water partition coefficient (Wildman–Crippen LogP) is 21.8. The number of hydrogen-bond donors (Lipinski definition) is 0. The van der Waals surface area contributed by atoms with E-state index in [2.05, 4.69) is 13.2 Å². The molecule has 0 N–H and O–H groups in total. The van der Waals surface area contributed by atoms with Gasteiger partial charge in [-0.15, -0.1) is 0 Å². The van der Waals surface area contributed by atoms with Crippen molar-refractivity contribution in [2.24, 2.45) is 0 Å². The fraction of sp³-hybridized carbons (Fsp3) is 0.653. The van der Waals surface area contributed by atoms with Crippen molar-refractivity contribution in [3.8, 4) is 23.0 Å². The first-order chi connectivity index (χ1) is 41.8. The van der Waals surface area contributed by atoms with E-state index < -0.39 is 11.9 Å². The second-order valence-corrected chi connectivity index (χ2v) is 23.8. The molecule has 10 heteroatoms. The van der Waals surface area contributed by atoms with Crippen LogP contribution in [0.15, 0.2) is 92.0 Å². The van der Waals surface area contributed by atoms with Crippen molar-refractivity contribution < 1.29 is 47.6 Å². The van der Waals surface area contributed by atoms with Gasteiger partial charge < -0.3 is 28.4 Å². The van der Waals surface area contributed by atoms with Crippen LogP contribution in [0.3, 0.4) is 0 Å². The lowest BCUT2D eigenvalue weighted by atomic mass is 10.0. The molecular formula is C75H116O10. The van der Waals surface area contributed by atoms with Crippen LogP contribution >= 0.6 is 0 Å². The monoisotopic (exact) mass is 1180 g/mol. The third kappa shape index (κ3) is 41.4. The highest BCUT2D eigenvalue weighted by Gasteiger charge is 2.14. The van der Waals surface area contributed by atoms with Gasteiger partial charge in [-0.25, -0.2) is 19.2 Å². The molecule has 0 atom stereocenters. The summed E-state index contributed by atoms with van der Waals surface area (Å²) in [6.07, 6.45) is 59.5. The first kappa shape index (κ1) is 73.9. The van der Waals surface area contributed by atoms with Crippen LogP contribution in [0.2, 0.25) is 0 Å². The average molecular weight is 1180 g/mol. The Bertz CT molecular complexity index is 2150. The molecule has 476 valence electrons. The van der Waals surface area contributed by atoms with Gasteiger partial charge in [-0.2, -0.15) is 0 Å². The molecule has 0 unspecified atom stereocenters. The van der Waals surface area contributed by atoms with Gasteiger partial charge in [0.2, 0.25) is 0 Å². The Labute approximate surface area is 516 Å². The fourth-order valence-corrected chi connectivity index (χ4v) is 10.8. The number of rotatable bonds is 58. The Morgan fingerprint density at radius 1 is 0.306 bits per heavy atom. The van der Waals surface area contributed by atoms with Crippen molar-refractivity contribution in [1.82, 2.24) is 0 Å². The molecule has 0 saturated heterocycles. The summed E-state index contributed by atoms with van der Waals surface area (Å²) >= 11 is 0. The van der Waals surface area contributed by atoms with Gasteiger partial charge in [0.05, 0.1) is 37.6 Å². The van der Waals surface area contributed by atoms with Crippen molar-refractivity contribution in [1.29, 1.82) is 0 Å². The van der Waals surface area contributed by atoms with Crippen LogP contribution in [-0.2, 0) is 19.1 Å². The number of carbonyl (C=O) groups excluding carboxylic acids is 4. The van der Waals surface area contributed by atoms with Crippen LogP contribution in [-0.4, -0.2) is 50.3 Å². The van der Waals surface area contributed by atoms with Gasteiger partial charge in [-0.05, 0) is 105 Å². The Balaban J connectivity index is 1.08. The van der Waals surface area contributed by atoms with E-state index in [1.807, 2.05) is 31.2 Å². The fourth-order valence-electron chi connectivity index (χ4n) is 10.8. The predicted molar refractivity (Wildman–Crippen MR) is 350 cm³/mol.